The Bertz CT molecular complexity index is 320. The zero-order chi connectivity index (χ0) is 12.5. The number of ether oxygens (including phenoxy) is 2. The van der Waals surface area contributed by atoms with Crippen LogP contribution in [0.15, 0.2) is 12.3 Å². The van der Waals surface area contributed by atoms with Crippen molar-refractivity contribution in [3.63, 3.8) is 0 Å². The second-order valence-corrected chi connectivity index (χ2v) is 3.67. The van der Waals surface area contributed by atoms with Crippen LogP contribution in [0.2, 0.25) is 0 Å². The molecule has 1 aromatic heterocycles. The lowest BCUT2D eigenvalue weighted by molar-refractivity contribution is 0.0698. The van der Waals surface area contributed by atoms with Crippen LogP contribution in [-0.2, 0) is 16.0 Å². The van der Waals surface area contributed by atoms with Gasteiger partial charge in [-0.25, -0.2) is 9.97 Å². The van der Waals surface area contributed by atoms with Gasteiger partial charge in [-0.3, -0.25) is 0 Å². The summed E-state index contributed by atoms with van der Waals surface area (Å²) in [4.78, 5) is 8.66. The Morgan fingerprint density at radius 1 is 1.47 bits per heavy atom. The van der Waals surface area contributed by atoms with Crippen LogP contribution in [0.5, 0.6) is 0 Å². The number of rotatable bonds is 8. The summed E-state index contributed by atoms with van der Waals surface area (Å²) in [5.74, 6) is 0.734. The van der Waals surface area contributed by atoms with Gasteiger partial charge in [0.25, 0.3) is 0 Å². The number of methoxy groups -OCH3 is 1. The Morgan fingerprint density at radius 2 is 2.29 bits per heavy atom. The average molecular weight is 239 g/mol. The molecule has 0 saturated heterocycles. The number of nitrogens with zero attached hydrogens (tertiary/aromatic N) is 2. The molecule has 1 aromatic rings. The molecule has 1 heterocycles. The maximum atomic E-state index is 5.46. The maximum absolute atomic E-state index is 5.46. The van der Waals surface area contributed by atoms with E-state index in [1.165, 1.54) is 0 Å². The third-order valence-corrected chi connectivity index (χ3v) is 2.30. The molecule has 1 N–H and O–H groups in total. The molecular weight excluding hydrogens is 218 g/mol. The van der Waals surface area contributed by atoms with Gasteiger partial charge >= 0.3 is 0 Å². The monoisotopic (exact) mass is 239 g/mol. The van der Waals surface area contributed by atoms with Crippen molar-refractivity contribution in [1.29, 1.82) is 0 Å². The first-order valence-electron chi connectivity index (χ1n) is 5.91. The van der Waals surface area contributed by atoms with Crippen LogP contribution >= 0.6 is 0 Å². The van der Waals surface area contributed by atoms with Crippen LogP contribution in [0.1, 0.15) is 31.5 Å². The van der Waals surface area contributed by atoms with Crippen LogP contribution in [-0.4, -0.2) is 36.8 Å². The Kier molecular flexibility index (Phi) is 6.69. The van der Waals surface area contributed by atoms with Crippen LogP contribution < -0.4 is 5.32 Å². The highest BCUT2D eigenvalue weighted by Gasteiger charge is 2.08. The summed E-state index contributed by atoms with van der Waals surface area (Å²) in [6.45, 7) is 6.83. The summed E-state index contributed by atoms with van der Waals surface area (Å²) in [6.07, 6.45) is 1.71. The van der Waals surface area contributed by atoms with Crippen molar-refractivity contribution >= 4 is 0 Å². The van der Waals surface area contributed by atoms with Crippen LogP contribution in [0.4, 0.5) is 0 Å². The van der Waals surface area contributed by atoms with Crippen molar-refractivity contribution in [1.82, 2.24) is 15.3 Å². The van der Waals surface area contributed by atoms with Gasteiger partial charge in [0.05, 0.1) is 12.3 Å². The lowest BCUT2D eigenvalue weighted by Crippen LogP contribution is -2.20. The molecule has 0 spiro atoms. The predicted octanol–water partition coefficient (Wildman–Crippen LogP) is 1.31. The largest absolute Gasteiger partial charge is 0.383 e. The van der Waals surface area contributed by atoms with E-state index in [9.17, 15) is 0 Å². The van der Waals surface area contributed by atoms with Gasteiger partial charge in [0.2, 0.25) is 0 Å². The highest BCUT2D eigenvalue weighted by molar-refractivity contribution is 5.03. The molecule has 0 aromatic carbocycles. The smallest absolute Gasteiger partial charge is 0.157 e. The van der Waals surface area contributed by atoms with Gasteiger partial charge < -0.3 is 14.8 Å². The minimum Gasteiger partial charge on any atom is -0.383 e. The number of hydrogen-bond acceptors (Lipinski definition) is 5. The molecule has 1 rings (SSSR count). The molecule has 0 bridgehead atoms. The third kappa shape index (κ3) is 5.21. The van der Waals surface area contributed by atoms with Crippen molar-refractivity contribution in [3.8, 4) is 0 Å². The highest BCUT2D eigenvalue weighted by Crippen LogP contribution is 2.11. The summed E-state index contributed by atoms with van der Waals surface area (Å²) >= 11 is 0. The minimum absolute atomic E-state index is 0.0566. The number of hydrogen-bond donors (Lipinski definition) is 1. The van der Waals surface area contributed by atoms with E-state index in [0.29, 0.717) is 13.2 Å². The fourth-order valence-corrected chi connectivity index (χ4v) is 1.42. The summed E-state index contributed by atoms with van der Waals surface area (Å²) in [5, 5.41) is 3.24. The van der Waals surface area contributed by atoms with E-state index < -0.39 is 0 Å². The summed E-state index contributed by atoms with van der Waals surface area (Å²) in [7, 11) is 1.69. The first-order chi connectivity index (χ1) is 8.27. The van der Waals surface area contributed by atoms with Gasteiger partial charge in [-0.05, 0) is 19.9 Å². The molecule has 5 nitrogen and oxygen atoms in total. The van der Waals surface area contributed by atoms with Gasteiger partial charge in [-0.1, -0.05) is 0 Å². The van der Waals surface area contributed by atoms with Gasteiger partial charge in [0, 0.05) is 33.0 Å². The van der Waals surface area contributed by atoms with Gasteiger partial charge in [0.15, 0.2) is 5.82 Å². The van der Waals surface area contributed by atoms with E-state index in [2.05, 4.69) is 15.3 Å². The van der Waals surface area contributed by atoms with Crippen molar-refractivity contribution in [2.75, 3.05) is 26.9 Å². The molecule has 96 valence electrons. The van der Waals surface area contributed by atoms with Crippen molar-refractivity contribution in [2.45, 2.75) is 26.5 Å². The van der Waals surface area contributed by atoms with Crippen molar-refractivity contribution in [2.24, 2.45) is 0 Å². The van der Waals surface area contributed by atoms with Crippen LogP contribution in [0.3, 0.4) is 0 Å². The van der Waals surface area contributed by atoms with E-state index in [-0.39, 0.29) is 6.10 Å². The molecule has 0 radical (unpaired) electrons. The van der Waals surface area contributed by atoms with Gasteiger partial charge in [0.1, 0.15) is 6.10 Å². The van der Waals surface area contributed by atoms with Crippen molar-refractivity contribution in [3.05, 3.63) is 23.8 Å². The molecule has 0 fully saturated rings. The fourth-order valence-electron chi connectivity index (χ4n) is 1.42. The Hall–Kier alpha value is -1.04. The van der Waals surface area contributed by atoms with E-state index in [4.69, 9.17) is 9.47 Å². The Labute approximate surface area is 103 Å². The zero-order valence-corrected chi connectivity index (χ0v) is 10.8. The Balaban J connectivity index is 2.47. The number of nitrogens with one attached hydrogen (secondary N) is 1. The maximum Gasteiger partial charge on any atom is 0.157 e. The topological polar surface area (TPSA) is 56.3 Å². The second-order valence-electron chi connectivity index (χ2n) is 3.67. The molecule has 1 atom stereocenters. The first kappa shape index (κ1) is 14.0. The summed E-state index contributed by atoms with van der Waals surface area (Å²) < 4.78 is 10.4. The molecule has 0 aliphatic rings. The Morgan fingerprint density at radius 3 is 3.00 bits per heavy atom. The third-order valence-electron chi connectivity index (χ3n) is 2.30. The SMILES string of the molecule is CCOC(C)c1nccc(CNCCOC)n1. The molecule has 5 heteroatoms. The molecule has 0 amide bonds. The molecule has 0 aliphatic carbocycles. The lowest BCUT2D eigenvalue weighted by atomic mass is 10.3. The molecule has 17 heavy (non-hydrogen) atoms. The molecular formula is C12H21N3O2. The van der Waals surface area contributed by atoms with Crippen molar-refractivity contribution < 1.29 is 9.47 Å². The van der Waals surface area contributed by atoms with E-state index in [1.807, 2.05) is 19.9 Å². The second kappa shape index (κ2) is 8.11. The normalized spacial score (nSPS) is 12.6. The first-order valence-corrected chi connectivity index (χ1v) is 5.91. The minimum atomic E-state index is -0.0566. The van der Waals surface area contributed by atoms with Gasteiger partial charge in [-0.2, -0.15) is 0 Å². The predicted molar refractivity (Wildman–Crippen MR) is 65.7 cm³/mol. The van der Waals surface area contributed by atoms with E-state index >= 15 is 0 Å². The van der Waals surface area contributed by atoms with E-state index in [1.54, 1.807) is 13.3 Å². The standard InChI is InChI=1S/C12H21N3O2/c1-4-17-10(2)12-14-6-5-11(15-12)9-13-7-8-16-3/h5-6,10,13H,4,7-9H2,1-3H3. The fraction of sp³-hybridized carbons (Fsp3) is 0.667. The zero-order valence-electron chi connectivity index (χ0n) is 10.8. The highest BCUT2D eigenvalue weighted by atomic mass is 16.5. The average Bonchev–Trinajstić information content (AvgIpc) is 2.35. The summed E-state index contributed by atoms with van der Waals surface area (Å²) in [5.41, 5.74) is 0.970. The van der Waals surface area contributed by atoms with E-state index in [0.717, 1.165) is 24.6 Å². The number of aromatic nitrogens is 2. The van der Waals surface area contributed by atoms with Crippen LogP contribution in [0, 0.1) is 0 Å². The quantitative estimate of drug-likeness (QED) is 0.693. The lowest BCUT2D eigenvalue weighted by Gasteiger charge is -2.11. The summed E-state index contributed by atoms with van der Waals surface area (Å²) in [6, 6.07) is 1.90. The molecule has 1 unspecified atom stereocenters. The molecule has 0 saturated carbocycles. The van der Waals surface area contributed by atoms with Gasteiger partial charge in [-0.15, -0.1) is 0 Å². The van der Waals surface area contributed by atoms with Crippen LogP contribution in [0.25, 0.3) is 0 Å². The molecule has 0 aliphatic heterocycles.